The molecular weight excluding hydrogens is 190 g/mol. The van der Waals surface area contributed by atoms with Gasteiger partial charge in [0.1, 0.15) is 5.82 Å². The summed E-state index contributed by atoms with van der Waals surface area (Å²) < 4.78 is 0. The maximum atomic E-state index is 8.87. The Morgan fingerprint density at radius 2 is 2.00 bits per heavy atom. The molecule has 0 radical (unpaired) electrons. The second-order valence-electron chi connectivity index (χ2n) is 3.16. The molecule has 0 unspecified atom stereocenters. The lowest BCUT2D eigenvalue weighted by molar-refractivity contribution is 0.281. The molecule has 0 saturated heterocycles. The molecule has 2 aromatic rings. The van der Waals surface area contributed by atoms with Crippen molar-refractivity contribution in [1.82, 2.24) is 9.97 Å². The summed E-state index contributed by atoms with van der Waals surface area (Å²) in [5.41, 5.74) is 7.84. The zero-order valence-corrected chi connectivity index (χ0v) is 8.09. The first-order valence-electron chi connectivity index (χ1n) is 4.58. The van der Waals surface area contributed by atoms with Gasteiger partial charge in [-0.15, -0.1) is 0 Å². The summed E-state index contributed by atoms with van der Waals surface area (Å²) in [6, 6.07) is 9.03. The molecule has 4 heteroatoms. The molecule has 0 aliphatic rings. The number of nitrogens with two attached hydrogens (primary N) is 1. The van der Waals surface area contributed by atoms with Crippen LogP contribution in [0.4, 0.5) is 5.82 Å². The van der Waals surface area contributed by atoms with Gasteiger partial charge in [-0.25, -0.2) is 4.98 Å². The first-order chi connectivity index (χ1) is 7.29. The molecule has 3 N–H and O–H groups in total. The highest BCUT2D eigenvalue weighted by molar-refractivity contribution is 5.56. The Kier molecular flexibility index (Phi) is 2.60. The standard InChI is InChI=1S/C11H11N3O/c12-11-3-1-2-10(14-11)9-5-4-8(7-15)6-13-9/h1-6,15H,7H2,(H2,12,14). The molecule has 0 amide bonds. The number of nitrogen functional groups attached to an aromatic ring is 1. The number of hydrogen-bond acceptors (Lipinski definition) is 4. The molecule has 0 atom stereocenters. The van der Waals surface area contributed by atoms with Crippen molar-refractivity contribution in [1.29, 1.82) is 0 Å². The van der Waals surface area contributed by atoms with Crippen molar-refractivity contribution in [3.8, 4) is 11.4 Å². The topological polar surface area (TPSA) is 72.0 Å². The zero-order valence-electron chi connectivity index (χ0n) is 8.09. The molecule has 0 aliphatic heterocycles. The summed E-state index contributed by atoms with van der Waals surface area (Å²) in [5.74, 6) is 0.473. The lowest BCUT2D eigenvalue weighted by Gasteiger charge is -2.01. The molecule has 15 heavy (non-hydrogen) atoms. The monoisotopic (exact) mass is 201 g/mol. The van der Waals surface area contributed by atoms with Crippen molar-refractivity contribution >= 4 is 5.82 Å². The Balaban J connectivity index is 2.37. The van der Waals surface area contributed by atoms with E-state index in [1.54, 1.807) is 12.3 Å². The fourth-order valence-electron chi connectivity index (χ4n) is 1.26. The van der Waals surface area contributed by atoms with Crippen molar-refractivity contribution in [3.63, 3.8) is 0 Å². The number of aromatic nitrogens is 2. The number of aliphatic hydroxyl groups is 1. The molecule has 76 valence electrons. The van der Waals surface area contributed by atoms with Gasteiger partial charge in [-0.1, -0.05) is 12.1 Å². The minimum Gasteiger partial charge on any atom is -0.392 e. The van der Waals surface area contributed by atoms with Crippen molar-refractivity contribution in [2.75, 3.05) is 5.73 Å². The van der Waals surface area contributed by atoms with E-state index in [-0.39, 0.29) is 6.61 Å². The Bertz CT molecular complexity index is 454. The molecule has 0 spiro atoms. The van der Waals surface area contributed by atoms with Gasteiger partial charge in [-0.3, -0.25) is 4.98 Å². The number of aliphatic hydroxyl groups excluding tert-OH is 1. The highest BCUT2D eigenvalue weighted by Gasteiger charge is 2.00. The van der Waals surface area contributed by atoms with E-state index in [2.05, 4.69) is 9.97 Å². The molecule has 0 fully saturated rings. The van der Waals surface area contributed by atoms with Gasteiger partial charge in [0.2, 0.25) is 0 Å². The SMILES string of the molecule is Nc1cccc(-c2ccc(CO)cn2)n1. The number of anilines is 1. The quantitative estimate of drug-likeness (QED) is 0.766. The predicted octanol–water partition coefficient (Wildman–Crippen LogP) is 1.22. The Labute approximate surface area is 87.4 Å². The van der Waals surface area contributed by atoms with Crippen LogP contribution in [0.15, 0.2) is 36.5 Å². The normalized spacial score (nSPS) is 10.2. The van der Waals surface area contributed by atoms with Gasteiger partial charge in [0, 0.05) is 6.20 Å². The van der Waals surface area contributed by atoms with Crippen molar-refractivity contribution in [2.45, 2.75) is 6.61 Å². The van der Waals surface area contributed by atoms with Gasteiger partial charge in [-0.2, -0.15) is 0 Å². The summed E-state index contributed by atoms with van der Waals surface area (Å²) in [7, 11) is 0. The molecule has 0 aliphatic carbocycles. The molecule has 2 rings (SSSR count). The van der Waals surface area contributed by atoms with Gasteiger partial charge in [0.15, 0.2) is 0 Å². The molecule has 0 aromatic carbocycles. The minimum absolute atomic E-state index is 0.00234. The van der Waals surface area contributed by atoms with Crippen LogP contribution in [-0.2, 0) is 6.61 Å². The van der Waals surface area contributed by atoms with Crippen LogP contribution in [-0.4, -0.2) is 15.1 Å². The van der Waals surface area contributed by atoms with Crippen molar-refractivity contribution in [3.05, 3.63) is 42.1 Å². The van der Waals surface area contributed by atoms with Gasteiger partial charge < -0.3 is 10.8 Å². The van der Waals surface area contributed by atoms with E-state index in [0.717, 1.165) is 17.0 Å². The van der Waals surface area contributed by atoms with Crippen LogP contribution < -0.4 is 5.73 Å². The van der Waals surface area contributed by atoms with E-state index in [4.69, 9.17) is 10.8 Å². The zero-order chi connectivity index (χ0) is 10.7. The number of hydrogen-bond donors (Lipinski definition) is 2. The first kappa shape index (κ1) is 9.61. The summed E-state index contributed by atoms with van der Waals surface area (Å²) in [6.45, 7) is -0.00234. The van der Waals surface area contributed by atoms with E-state index in [1.807, 2.05) is 24.3 Å². The van der Waals surface area contributed by atoms with Crippen LogP contribution >= 0.6 is 0 Å². The second kappa shape index (κ2) is 4.06. The van der Waals surface area contributed by atoms with E-state index < -0.39 is 0 Å². The number of pyridine rings is 2. The summed E-state index contributed by atoms with van der Waals surface area (Å²) in [6.07, 6.45) is 1.63. The third kappa shape index (κ3) is 2.11. The van der Waals surface area contributed by atoms with E-state index in [0.29, 0.717) is 5.82 Å². The molecule has 2 aromatic heterocycles. The molecule has 2 heterocycles. The Morgan fingerprint density at radius 3 is 2.60 bits per heavy atom. The summed E-state index contributed by atoms with van der Waals surface area (Å²) >= 11 is 0. The maximum Gasteiger partial charge on any atom is 0.124 e. The van der Waals surface area contributed by atoms with Crippen molar-refractivity contribution in [2.24, 2.45) is 0 Å². The third-order valence-electron chi connectivity index (χ3n) is 2.04. The molecule has 0 bridgehead atoms. The summed E-state index contributed by atoms with van der Waals surface area (Å²) in [4.78, 5) is 8.33. The molecule has 0 saturated carbocycles. The van der Waals surface area contributed by atoms with E-state index >= 15 is 0 Å². The molecular formula is C11H11N3O. The Morgan fingerprint density at radius 1 is 1.13 bits per heavy atom. The highest BCUT2D eigenvalue weighted by atomic mass is 16.3. The predicted molar refractivity (Wildman–Crippen MR) is 57.8 cm³/mol. The van der Waals surface area contributed by atoms with Crippen LogP contribution in [0.1, 0.15) is 5.56 Å². The van der Waals surface area contributed by atoms with Gasteiger partial charge >= 0.3 is 0 Å². The average Bonchev–Trinajstić information content (AvgIpc) is 2.29. The fraction of sp³-hybridized carbons (Fsp3) is 0.0909. The molecule has 4 nitrogen and oxygen atoms in total. The Hall–Kier alpha value is -1.94. The lowest BCUT2D eigenvalue weighted by atomic mass is 10.2. The van der Waals surface area contributed by atoms with Gasteiger partial charge in [0.05, 0.1) is 18.0 Å². The van der Waals surface area contributed by atoms with Crippen LogP contribution in [0.5, 0.6) is 0 Å². The largest absolute Gasteiger partial charge is 0.392 e. The second-order valence-corrected chi connectivity index (χ2v) is 3.16. The van der Waals surface area contributed by atoms with Crippen LogP contribution in [0.2, 0.25) is 0 Å². The fourth-order valence-corrected chi connectivity index (χ4v) is 1.26. The minimum atomic E-state index is -0.00234. The number of rotatable bonds is 2. The van der Waals surface area contributed by atoms with E-state index in [9.17, 15) is 0 Å². The van der Waals surface area contributed by atoms with Gasteiger partial charge in [-0.05, 0) is 23.8 Å². The third-order valence-corrected chi connectivity index (χ3v) is 2.04. The van der Waals surface area contributed by atoms with Crippen LogP contribution in [0, 0.1) is 0 Å². The lowest BCUT2D eigenvalue weighted by Crippen LogP contribution is -1.93. The van der Waals surface area contributed by atoms with Crippen LogP contribution in [0.25, 0.3) is 11.4 Å². The van der Waals surface area contributed by atoms with E-state index in [1.165, 1.54) is 0 Å². The number of nitrogens with zero attached hydrogens (tertiary/aromatic N) is 2. The highest BCUT2D eigenvalue weighted by Crippen LogP contribution is 2.15. The maximum absolute atomic E-state index is 8.87. The first-order valence-corrected chi connectivity index (χ1v) is 4.58. The van der Waals surface area contributed by atoms with Gasteiger partial charge in [0.25, 0.3) is 0 Å². The van der Waals surface area contributed by atoms with Crippen molar-refractivity contribution < 1.29 is 5.11 Å². The summed E-state index contributed by atoms with van der Waals surface area (Å²) in [5, 5.41) is 8.87. The average molecular weight is 201 g/mol. The smallest absolute Gasteiger partial charge is 0.124 e. The van der Waals surface area contributed by atoms with Crippen LogP contribution in [0.3, 0.4) is 0 Å².